The number of hydrogen-bond donors (Lipinski definition) is 0. The molecular weight excluding hydrogens is 284 g/mol. The standard InChI is InChI=1S/C21H38O2/c1-3-5-15-23-17-19-8-12-21(13-9-19)20-10-6-18(7-11-20)16-22-14-4-2/h5,15,18-21H,3-4,6-14,16-17H2,1-2H3/b15-5-. The number of hydrogen-bond acceptors (Lipinski definition) is 2. The van der Waals surface area contributed by atoms with Crippen molar-refractivity contribution >= 4 is 0 Å². The van der Waals surface area contributed by atoms with Crippen LogP contribution < -0.4 is 0 Å². The quantitative estimate of drug-likeness (QED) is 0.385. The molecule has 0 unspecified atom stereocenters. The third kappa shape index (κ3) is 6.87. The Balaban J connectivity index is 1.58. The minimum absolute atomic E-state index is 0.798. The highest BCUT2D eigenvalue weighted by Gasteiger charge is 2.30. The summed E-state index contributed by atoms with van der Waals surface area (Å²) in [5.74, 6) is 3.63. The summed E-state index contributed by atoms with van der Waals surface area (Å²) in [6.07, 6.45) is 17.6. The van der Waals surface area contributed by atoms with E-state index in [1.807, 2.05) is 6.26 Å². The molecule has 0 atom stereocenters. The number of rotatable bonds is 9. The van der Waals surface area contributed by atoms with Crippen LogP contribution in [0.25, 0.3) is 0 Å². The molecule has 0 radical (unpaired) electrons. The molecule has 0 amide bonds. The van der Waals surface area contributed by atoms with Crippen LogP contribution in [0.15, 0.2) is 12.3 Å². The molecule has 2 rings (SSSR count). The first kappa shape index (κ1) is 18.8. The zero-order valence-electron chi connectivity index (χ0n) is 15.5. The summed E-state index contributed by atoms with van der Waals surface area (Å²) in [6, 6.07) is 0. The minimum Gasteiger partial charge on any atom is -0.501 e. The molecule has 0 aromatic rings. The average Bonchev–Trinajstić information content (AvgIpc) is 2.60. The van der Waals surface area contributed by atoms with Crippen LogP contribution >= 0.6 is 0 Å². The molecule has 2 fully saturated rings. The van der Waals surface area contributed by atoms with Gasteiger partial charge in [-0.3, -0.25) is 0 Å². The van der Waals surface area contributed by atoms with Gasteiger partial charge in [0.2, 0.25) is 0 Å². The molecule has 0 saturated heterocycles. The lowest BCUT2D eigenvalue weighted by atomic mass is 9.69. The lowest BCUT2D eigenvalue weighted by Gasteiger charge is -2.37. The Bertz CT molecular complexity index is 310. The van der Waals surface area contributed by atoms with E-state index in [9.17, 15) is 0 Å². The summed E-state index contributed by atoms with van der Waals surface area (Å²) in [6.45, 7) is 7.23. The van der Waals surface area contributed by atoms with E-state index in [2.05, 4.69) is 19.9 Å². The Labute approximate surface area is 144 Å². The Morgan fingerprint density at radius 1 is 0.783 bits per heavy atom. The van der Waals surface area contributed by atoms with E-state index in [1.165, 1.54) is 51.4 Å². The highest BCUT2D eigenvalue weighted by molar-refractivity contribution is 4.82. The van der Waals surface area contributed by atoms with Crippen LogP contribution in [-0.4, -0.2) is 19.8 Å². The first-order valence-electron chi connectivity index (χ1n) is 10.2. The Hall–Kier alpha value is -0.500. The van der Waals surface area contributed by atoms with Gasteiger partial charge in [-0.2, -0.15) is 0 Å². The summed E-state index contributed by atoms with van der Waals surface area (Å²) in [7, 11) is 0. The highest BCUT2D eigenvalue weighted by atomic mass is 16.5. The van der Waals surface area contributed by atoms with E-state index in [4.69, 9.17) is 9.47 Å². The van der Waals surface area contributed by atoms with Gasteiger partial charge < -0.3 is 9.47 Å². The van der Waals surface area contributed by atoms with E-state index >= 15 is 0 Å². The SMILES string of the molecule is CC/C=C\OCC1CCC(C2CCC(COCCC)CC2)CC1. The van der Waals surface area contributed by atoms with Crippen LogP contribution in [0.5, 0.6) is 0 Å². The lowest BCUT2D eigenvalue weighted by molar-refractivity contribution is 0.0615. The molecule has 0 bridgehead atoms. The predicted octanol–water partition coefficient (Wildman–Crippen LogP) is 5.97. The molecule has 2 nitrogen and oxygen atoms in total. The molecule has 134 valence electrons. The van der Waals surface area contributed by atoms with Crippen molar-refractivity contribution in [2.45, 2.75) is 78.1 Å². The van der Waals surface area contributed by atoms with Gasteiger partial charge in [-0.1, -0.05) is 19.9 Å². The predicted molar refractivity (Wildman–Crippen MR) is 97.4 cm³/mol. The van der Waals surface area contributed by atoms with Crippen LogP contribution in [0, 0.1) is 23.7 Å². The lowest BCUT2D eigenvalue weighted by Crippen LogP contribution is -2.28. The van der Waals surface area contributed by atoms with E-state index in [1.54, 1.807) is 0 Å². The van der Waals surface area contributed by atoms with Gasteiger partial charge in [0.15, 0.2) is 0 Å². The molecule has 23 heavy (non-hydrogen) atoms. The molecule has 2 saturated carbocycles. The van der Waals surface area contributed by atoms with Gasteiger partial charge in [0, 0.05) is 13.2 Å². The molecule has 0 aliphatic heterocycles. The Morgan fingerprint density at radius 3 is 1.87 bits per heavy atom. The van der Waals surface area contributed by atoms with Crippen LogP contribution in [-0.2, 0) is 9.47 Å². The van der Waals surface area contributed by atoms with Crippen molar-refractivity contribution in [1.82, 2.24) is 0 Å². The van der Waals surface area contributed by atoms with Crippen molar-refractivity contribution in [2.24, 2.45) is 23.7 Å². The summed E-state index contributed by atoms with van der Waals surface area (Å²) < 4.78 is 11.4. The average molecular weight is 323 g/mol. The first-order valence-corrected chi connectivity index (χ1v) is 10.2. The van der Waals surface area contributed by atoms with Gasteiger partial charge in [0.05, 0.1) is 12.9 Å². The molecular formula is C21H38O2. The smallest absolute Gasteiger partial charge is 0.0901 e. The van der Waals surface area contributed by atoms with Gasteiger partial charge in [0.25, 0.3) is 0 Å². The van der Waals surface area contributed by atoms with E-state index in [-0.39, 0.29) is 0 Å². The zero-order chi connectivity index (χ0) is 16.3. The van der Waals surface area contributed by atoms with Crippen LogP contribution in [0.4, 0.5) is 0 Å². The molecule has 0 heterocycles. The first-order chi connectivity index (χ1) is 11.3. The maximum Gasteiger partial charge on any atom is 0.0901 e. The van der Waals surface area contributed by atoms with Crippen molar-refractivity contribution in [3.8, 4) is 0 Å². The van der Waals surface area contributed by atoms with Crippen molar-refractivity contribution < 1.29 is 9.47 Å². The fraction of sp³-hybridized carbons (Fsp3) is 0.905. The third-order valence-electron chi connectivity index (χ3n) is 5.91. The van der Waals surface area contributed by atoms with Crippen molar-refractivity contribution in [3.05, 3.63) is 12.3 Å². The van der Waals surface area contributed by atoms with Gasteiger partial charge in [-0.05, 0) is 87.9 Å². The molecule has 0 aromatic carbocycles. The molecule has 2 aliphatic carbocycles. The molecule has 0 spiro atoms. The second-order valence-corrected chi connectivity index (χ2v) is 7.75. The summed E-state index contributed by atoms with van der Waals surface area (Å²) in [5.41, 5.74) is 0. The van der Waals surface area contributed by atoms with Gasteiger partial charge in [-0.25, -0.2) is 0 Å². The zero-order valence-corrected chi connectivity index (χ0v) is 15.5. The third-order valence-corrected chi connectivity index (χ3v) is 5.91. The molecule has 0 aromatic heterocycles. The fourth-order valence-corrected chi connectivity index (χ4v) is 4.40. The summed E-state index contributed by atoms with van der Waals surface area (Å²) in [4.78, 5) is 0. The van der Waals surface area contributed by atoms with E-state index in [0.29, 0.717) is 0 Å². The van der Waals surface area contributed by atoms with Gasteiger partial charge in [-0.15, -0.1) is 0 Å². The van der Waals surface area contributed by atoms with Crippen molar-refractivity contribution in [2.75, 3.05) is 19.8 Å². The fourth-order valence-electron chi connectivity index (χ4n) is 4.40. The maximum atomic E-state index is 5.75. The van der Waals surface area contributed by atoms with Gasteiger partial charge >= 0.3 is 0 Å². The Kier molecular flexibility index (Phi) is 9.11. The monoisotopic (exact) mass is 322 g/mol. The molecule has 2 aliphatic rings. The normalized spacial score (nSPS) is 32.3. The van der Waals surface area contributed by atoms with Crippen LogP contribution in [0.3, 0.4) is 0 Å². The van der Waals surface area contributed by atoms with Gasteiger partial charge in [0.1, 0.15) is 0 Å². The number of ether oxygens (including phenoxy) is 2. The van der Waals surface area contributed by atoms with Crippen molar-refractivity contribution in [1.29, 1.82) is 0 Å². The largest absolute Gasteiger partial charge is 0.501 e. The number of allylic oxidation sites excluding steroid dienone is 1. The molecule has 2 heteroatoms. The van der Waals surface area contributed by atoms with Crippen molar-refractivity contribution in [3.63, 3.8) is 0 Å². The minimum atomic E-state index is 0.798. The van der Waals surface area contributed by atoms with Crippen LogP contribution in [0.1, 0.15) is 78.1 Å². The van der Waals surface area contributed by atoms with Crippen LogP contribution in [0.2, 0.25) is 0 Å². The second kappa shape index (κ2) is 11.1. The summed E-state index contributed by atoms with van der Waals surface area (Å²) in [5, 5.41) is 0. The molecule has 0 N–H and O–H groups in total. The Morgan fingerprint density at radius 2 is 1.35 bits per heavy atom. The van der Waals surface area contributed by atoms with E-state index in [0.717, 1.165) is 56.3 Å². The topological polar surface area (TPSA) is 18.5 Å². The highest BCUT2D eigenvalue weighted by Crippen LogP contribution is 2.41. The maximum absolute atomic E-state index is 5.75. The summed E-state index contributed by atoms with van der Waals surface area (Å²) >= 11 is 0. The second-order valence-electron chi connectivity index (χ2n) is 7.75. The van der Waals surface area contributed by atoms with E-state index < -0.39 is 0 Å².